The molecule has 0 aliphatic heterocycles. The van der Waals surface area contributed by atoms with Crippen molar-refractivity contribution in [2.24, 2.45) is 5.10 Å². The van der Waals surface area contributed by atoms with Gasteiger partial charge in [-0.25, -0.2) is 10.2 Å². The predicted molar refractivity (Wildman–Crippen MR) is 137 cm³/mol. The van der Waals surface area contributed by atoms with Crippen LogP contribution in [0.15, 0.2) is 76.3 Å². The van der Waals surface area contributed by atoms with Gasteiger partial charge in [0.2, 0.25) is 0 Å². The van der Waals surface area contributed by atoms with E-state index in [0.29, 0.717) is 38.7 Å². The molecule has 0 radical (unpaired) electrons. The Balaban J connectivity index is 1.63. The van der Waals surface area contributed by atoms with Crippen LogP contribution in [0.2, 0.25) is 5.02 Å². The highest BCUT2D eigenvalue weighted by atomic mass is 79.9. The lowest BCUT2D eigenvalue weighted by molar-refractivity contribution is -0.136. The zero-order valence-corrected chi connectivity index (χ0v) is 20.9. The summed E-state index contributed by atoms with van der Waals surface area (Å²) in [6, 6.07) is 17.8. The number of carbonyl (C=O) groups excluding carboxylic acids is 3. The summed E-state index contributed by atoms with van der Waals surface area (Å²) in [5, 5.41) is 6.73. The third kappa shape index (κ3) is 7.94. The van der Waals surface area contributed by atoms with Crippen molar-refractivity contribution in [2.45, 2.75) is 13.3 Å². The molecule has 3 aromatic rings. The first-order valence-corrected chi connectivity index (χ1v) is 11.7. The Morgan fingerprint density at radius 3 is 2.40 bits per heavy atom. The van der Waals surface area contributed by atoms with Gasteiger partial charge in [-0.15, -0.1) is 0 Å². The van der Waals surface area contributed by atoms with Crippen LogP contribution in [-0.4, -0.2) is 30.6 Å². The molecule has 180 valence electrons. The second-order valence-corrected chi connectivity index (χ2v) is 8.46. The van der Waals surface area contributed by atoms with Crippen molar-refractivity contribution >= 4 is 57.2 Å². The zero-order valence-electron chi connectivity index (χ0n) is 18.6. The largest absolute Gasteiger partial charge is 0.494 e. The molecule has 3 rings (SSSR count). The highest BCUT2D eigenvalue weighted by molar-refractivity contribution is 9.10. The minimum absolute atomic E-state index is 0.216. The first kappa shape index (κ1) is 25.9. The number of hydrogen-bond acceptors (Lipinski definition) is 6. The van der Waals surface area contributed by atoms with Crippen LogP contribution in [0.4, 0.5) is 5.69 Å². The molecule has 0 fully saturated rings. The van der Waals surface area contributed by atoms with E-state index in [1.807, 2.05) is 6.92 Å². The summed E-state index contributed by atoms with van der Waals surface area (Å²) in [6.07, 6.45) is 2.15. The maximum atomic E-state index is 12.6. The van der Waals surface area contributed by atoms with E-state index in [9.17, 15) is 14.4 Å². The van der Waals surface area contributed by atoms with Gasteiger partial charge in [-0.3, -0.25) is 9.59 Å². The van der Waals surface area contributed by atoms with Crippen LogP contribution in [-0.2, 0) is 9.59 Å². The number of nitrogens with one attached hydrogen (secondary N) is 2. The number of nitrogens with zero attached hydrogens (tertiary/aromatic N) is 1. The lowest BCUT2D eigenvalue weighted by Gasteiger charge is -2.09. The first-order valence-electron chi connectivity index (χ1n) is 10.5. The minimum atomic E-state index is -0.977. The fourth-order valence-corrected chi connectivity index (χ4v) is 3.22. The molecule has 10 heteroatoms. The second kappa shape index (κ2) is 12.7. The standard InChI is InChI=1S/C25H21BrClN3O5/c1-2-13-34-21-10-3-16(4-11-21)25(33)35-22-12-5-18(26)14-17(22)15-28-30-24(32)23(31)29-20-8-6-19(27)7-9-20/h3-12,14-15H,2,13H2,1H3,(H,29,31)(H,30,32)/b28-15-. The average Bonchev–Trinajstić information content (AvgIpc) is 2.85. The minimum Gasteiger partial charge on any atom is -0.494 e. The van der Waals surface area contributed by atoms with Crippen molar-refractivity contribution in [1.82, 2.24) is 5.43 Å². The molecule has 0 aliphatic rings. The molecule has 0 heterocycles. The molecule has 0 aromatic heterocycles. The maximum absolute atomic E-state index is 12.6. The quantitative estimate of drug-likeness (QED) is 0.130. The Bertz CT molecular complexity index is 1230. The van der Waals surface area contributed by atoms with Gasteiger partial charge in [-0.1, -0.05) is 34.5 Å². The number of esters is 1. The summed E-state index contributed by atoms with van der Waals surface area (Å²) < 4.78 is 11.7. The van der Waals surface area contributed by atoms with Crippen molar-refractivity contribution in [1.29, 1.82) is 0 Å². The predicted octanol–water partition coefficient (Wildman–Crippen LogP) is 5.20. The lowest BCUT2D eigenvalue weighted by atomic mass is 10.2. The number of rotatable bonds is 8. The lowest BCUT2D eigenvalue weighted by Crippen LogP contribution is -2.32. The van der Waals surface area contributed by atoms with Crippen LogP contribution in [0, 0.1) is 0 Å². The van der Waals surface area contributed by atoms with Crippen molar-refractivity contribution in [2.75, 3.05) is 11.9 Å². The summed E-state index contributed by atoms with van der Waals surface area (Å²) in [7, 11) is 0. The molecule has 0 bridgehead atoms. The number of hydrogen-bond donors (Lipinski definition) is 2. The van der Waals surface area contributed by atoms with Gasteiger partial charge in [-0.2, -0.15) is 5.10 Å². The van der Waals surface area contributed by atoms with E-state index in [1.165, 1.54) is 6.21 Å². The van der Waals surface area contributed by atoms with Gasteiger partial charge in [0, 0.05) is 20.7 Å². The number of amides is 2. The summed E-state index contributed by atoms with van der Waals surface area (Å²) in [6.45, 7) is 2.59. The molecule has 2 N–H and O–H groups in total. The van der Waals surface area contributed by atoms with Crippen LogP contribution in [0.5, 0.6) is 11.5 Å². The van der Waals surface area contributed by atoms with Crippen LogP contribution < -0.4 is 20.2 Å². The van der Waals surface area contributed by atoms with Gasteiger partial charge in [0.1, 0.15) is 11.5 Å². The molecule has 0 unspecified atom stereocenters. The molecule has 0 aliphatic carbocycles. The van der Waals surface area contributed by atoms with Crippen molar-refractivity contribution in [3.8, 4) is 11.5 Å². The fourth-order valence-electron chi connectivity index (χ4n) is 2.71. The van der Waals surface area contributed by atoms with E-state index in [1.54, 1.807) is 66.7 Å². The van der Waals surface area contributed by atoms with Crippen molar-refractivity contribution < 1.29 is 23.9 Å². The SMILES string of the molecule is CCCOc1ccc(C(=O)Oc2ccc(Br)cc2/C=N\NC(=O)C(=O)Nc2ccc(Cl)cc2)cc1. The number of carbonyl (C=O) groups is 3. The smallest absolute Gasteiger partial charge is 0.343 e. The molecule has 3 aromatic carbocycles. The molecule has 0 saturated carbocycles. The summed E-state index contributed by atoms with van der Waals surface area (Å²) in [5.41, 5.74) is 3.28. The number of benzene rings is 3. The summed E-state index contributed by atoms with van der Waals surface area (Å²) in [5.74, 6) is -1.58. The summed E-state index contributed by atoms with van der Waals surface area (Å²) >= 11 is 9.14. The summed E-state index contributed by atoms with van der Waals surface area (Å²) in [4.78, 5) is 36.7. The third-order valence-corrected chi connectivity index (χ3v) is 5.16. The Labute approximate surface area is 215 Å². The molecule has 0 spiro atoms. The van der Waals surface area contributed by atoms with Gasteiger partial charge in [0.05, 0.1) is 18.4 Å². The van der Waals surface area contributed by atoms with Crippen LogP contribution in [0.3, 0.4) is 0 Å². The molecule has 8 nitrogen and oxygen atoms in total. The maximum Gasteiger partial charge on any atom is 0.343 e. The molecule has 0 saturated heterocycles. The topological polar surface area (TPSA) is 106 Å². The van der Waals surface area contributed by atoms with E-state index in [0.717, 1.165) is 6.42 Å². The molecule has 2 amide bonds. The zero-order chi connectivity index (χ0) is 25.2. The monoisotopic (exact) mass is 557 g/mol. The fraction of sp³-hybridized carbons (Fsp3) is 0.120. The van der Waals surface area contributed by atoms with Crippen LogP contribution >= 0.6 is 27.5 Å². The molecular formula is C25H21BrClN3O5. The van der Waals surface area contributed by atoms with Gasteiger partial charge >= 0.3 is 17.8 Å². The second-order valence-electron chi connectivity index (χ2n) is 7.10. The number of hydrazone groups is 1. The average molecular weight is 559 g/mol. The van der Waals surface area contributed by atoms with E-state index < -0.39 is 17.8 Å². The first-order chi connectivity index (χ1) is 16.9. The van der Waals surface area contributed by atoms with Crippen LogP contribution in [0.1, 0.15) is 29.3 Å². The Hall–Kier alpha value is -3.69. The van der Waals surface area contributed by atoms with Gasteiger partial charge in [0.15, 0.2) is 0 Å². The van der Waals surface area contributed by atoms with E-state index >= 15 is 0 Å². The van der Waals surface area contributed by atoms with Crippen LogP contribution in [0.25, 0.3) is 0 Å². The van der Waals surface area contributed by atoms with Crippen molar-refractivity contribution in [3.05, 3.63) is 87.4 Å². The van der Waals surface area contributed by atoms with Crippen molar-refractivity contribution in [3.63, 3.8) is 0 Å². The third-order valence-electron chi connectivity index (χ3n) is 4.42. The molecule has 35 heavy (non-hydrogen) atoms. The Morgan fingerprint density at radius 1 is 1.00 bits per heavy atom. The number of halogens is 2. The van der Waals surface area contributed by atoms with Gasteiger partial charge in [0.25, 0.3) is 0 Å². The van der Waals surface area contributed by atoms with E-state index in [2.05, 4.69) is 31.8 Å². The molecule has 0 atom stereocenters. The van der Waals surface area contributed by atoms with E-state index in [-0.39, 0.29) is 5.75 Å². The number of ether oxygens (including phenoxy) is 2. The van der Waals surface area contributed by atoms with Gasteiger partial charge in [-0.05, 0) is 73.2 Å². The van der Waals surface area contributed by atoms with E-state index in [4.69, 9.17) is 21.1 Å². The van der Waals surface area contributed by atoms with Gasteiger partial charge < -0.3 is 14.8 Å². The molecular weight excluding hydrogens is 538 g/mol. The number of anilines is 1. The Kier molecular flexibility index (Phi) is 9.39. The highest BCUT2D eigenvalue weighted by Gasteiger charge is 2.14. The normalized spacial score (nSPS) is 10.6. The Morgan fingerprint density at radius 2 is 1.71 bits per heavy atom. The highest BCUT2D eigenvalue weighted by Crippen LogP contribution is 2.23.